The van der Waals surface area contributed by atoms with Gasteiger partial charge in [-0.2, -0.15) is 0 Å². The molecular weight excluding hydrogens is 308 g/mol. The Kier molecular flexibility index (Phi) is 5.39. The molecule has 0 saturated heterocycles. The molecule has 2 rings (SSSR count). The Morgan fingerprint density at radius 3 is 2.46 bits per heavy atom. The van der Waals surface area contributed by atoms with Gasteiger partial charge in [0.05, 0.1) is 5.69 Å². The van der Waals surface area contributed by atoms with E-state index in [1.165, 1.54) is 6.92 Å². The third kappa shape index (κ3) is 3.64. The van der Waals surface area contributed by atoms with Gasteiger partial charge in [0, 0.05) is 5.69 Å². The first-order valence-corrected chi connectivity index (χ1v) is 7.88. The van der Waals surface area contributed by atoms with Crippen molar-refractivity contribution in [1.29, 1.82) is 0 Å². The summed E-state index contributed by atoms with van der Waals surface area (Å²) in [6, 6.07) is 5.74. The minimum Gasteiger partial charge on any atom is -0.449 e. The van der Waals surface area contributed by atoms with Crippen LogP contribution in [0.5, 0.6) is 0 Å². The summed E-state index contributed by atoms with van der Waals surface area (Å²) < 4.78 is 10.3. The molecule has 1 atom stereocenters. The van der Waals surface area contributed by atoms with Gasteiger partial charge in [-0.15, -0.1) is 0 Å². The maximum absolute atomic E-state index is 12.3. The molecule has 0 spiro atoms. The molecule has 1 N–H and O–H groups in total. The molecule has 1 amide bonds. The standard InChI is InChI=1S/C18H22N2O4/c1-6-14-15(12(4)24-20-14)18(22)23-13(5)17(21)19-16-10(2)8-7-9-11(16)3/h7-9,13H,6H2,1-5H3,(H,19,21)/t13-/m0/s1. The summed E-state index contributed by atoms with van der Waals surface area (Å²) in [6.07, 6.45) is -0.388. The highest BCUT2D eigenvalue weighted by Crippen LogP contribution is 2.20. The lowest BCUT2D eigenvalue weighted by molar-refractivity contribution is -0.123. The lowest BCUT2D eigenvalue weighted by Crippen LogP contribution is -2.30. The number of aromatic nitrogens is 1. The van der Waals surface area contributed by atoms with Crippen molar-refractivity contribution < 1.29 is 18.8 Å². The number of esters is 1. The van der Waals surface area contributed by atoms with Gasteiger partial charge >= 0.3 is 5.97 Å². The van der Waals surface area contributed by atoms with E-state index in [1.54, 1.807) is 6.92 Å². The van der Waals surface area contributed by atoms with E-state index in [1.807, 2.05) is 39.0 Å². The second-order valence-corrected chi connectivity index (χ2v) is 5.72. The molecule has 1 heterocycles. The van der Waals surface area contributed by atoms with Crippen LogP contribution in [0, 0.1) is 20.8 Å². The molecule has 0 aliphatic carbocycles. The van der Waals surface area contributed by atoms with E-state index in [4.69, 9.17) is 9.26 Å². The van der Waals surface area contributed by atoms with Gasteiger partial charge in [-0.05, 0) is 45.2 Å². The topological polar surface area (TPSA) is 81.4 Å². The van der Waals surface area contributed by atoms with Gasteiger partial charge in [-0.25, -0.2) is 4.79 Å². The molecule has 0 saturated carbocycles. The predicted octanol–water partition coefficient (Wildman–Crippen LogP) is 3.35. The van der Waals surface area contributed by atoms with Crippen LogP contribution in [0.1, 0.15) is 46.8 Å². The molecule has 6 heteroatoms. The third-order valence-electron chi connectivity index (χ3n) is 3.85. The van der Waals surface area contributed by atoms with Crippen molar-refractivity contribution in [2.24, 2.45) is 0 Å². The quantitative estimate of drug-likeness (QED) is 0.850. The Labute approximate surface area is 141 Å². The Bertz CT molecular complexity index is 744. The number of ether oxygens (including phenoxy) is 1. The highest BCUT2D eigenvalue weighted by molar-refractivity contribution is 5.98. The number of aryl methyl sites for hydroxylation is 4. The Hall–Kier alpha value is -2.63. The van der Waals surface area contributed by atoms with Gasteiger partial charge in [0.15, 0.2) is 6.10 Å². The molecule has 6 nitrogen and oxygen atoms in total. The average Bonchev–Trinajstić information content (AvgIpc) is 2.91. The molecule has 128 valence electrons. The van der Waals surface area contributed by atoms with Crippen LogP contribution in [0.15, 0.2) is 22.7 Å². The number of hydrogen-bond acceptors (Lipinski definition) is 5. The molecule has 0 radical (unpaired) electrons. The second kappa shape index (κ2) is 7.29. The van der Waals surface area contributed by atoms with Gasteiger partial charge in [0.1, 0.15) is 11.3 Å². The number of nitrogens with zero attached hydrogens (tertiary/aromatic N) is 1. The smallest absolute Gasteiger partial charge is 0.344 e. The van der Waals surface area contributed by atoms with Crippen molar-refractivity contribution in [1.82, 2.24) is 5.16 Å². The zero-order chi connectivity index (χ0) is 17.9. The molecule has 0 aliphatic heterocycles. The summed E-state index contributed by atoms with van der Waals surface area (Å²) in [6.45, 7) is 8.87. The summed E-state index contributed by atoms with van der Waals surface area (Å²) >= 11 is 0. The summed E-state index contributed by atoms with van der Waals surface area (Å²) in [7, 11) is 0. The van der Waals surface area contributed by atoms with Crippen molar-refractivity contribution in [3.05, 3.63) is 46.3 Å². The zero-order valence-electron chi connectivity index (χ0n) is 14.6. The van der Waals surface area contributed by atoms with Gasteiger partial charge in [-0.3, -0.25) is 4.79 Å². The van der Waals surface area contributed by atoms with Crippen LogP contribution in [0.25, 0.3) is 0 Å². The number of amides is 1. The Morgan fingerprint density at radius 2 is 1.88 bits per heavy atom. The number of anilines is 1. The van der Waals surface area contributed by atoms with E-state index in [2.05, 4.69) is 10.5 Å². The maximum atomic E-state index is 12.3. The minimum atomic E-state index is -0.935. The zero-order valence-corrected chi connectivity index (χ0v) is 14.6. The van der Waals surface area contributed by atoms with Crippen molar-refractivity contribution in [3.63, 3.8) is 0 Å². The van der Waals surface area contributed by atoms with E-state index >= 15 is 0 Å². The Balaban J connectivity index is 2.09. The number of benzene rings is 1. The number of hydrogen-bond donors (Lipinski definition) is 1. The fourth-order valence-corrected chi connectivity index (χ4v) is 2.43. The summed E-state index contributed by atoms with van der Waals surface area (Å²) in [4.78, 5) is 24.6. The van der Waals surface area contributed by atoms with Crippen LogP contribution in [0.4, 0.5) is 5.69 Å². The van der Waals surface area contributed by atoms with Crippen LogP contribution >= 0.6 is 0 Å². The van der Waals surface area contributed by atoms with E-state index in [9.17, 15) is 9.59 Å². The predicted molar refractivity (Wildman–Crippen MR) is 90.0 cm³/mol. The number of carbonyl (C=O) groups excluding carboxylic acids is 2. The second-order valence-electron chi connectivity index (χ2n) is 5.72. The summed E-state index contributed by atoms with van der Waals surface area (Å²) in [5, 5.41) is 6.64. The average molecular weight is 330 g/mol. The fraction of sp³-hybridized carbons (Fsp3) is 0.389. The van der Waals surface area contributed by atoms with Crippen molar-refractivity contribution in [3.8, 4) is 0 Å². The molecule has 1 aromatic heterocycles. The van der Waals surface area contributed by atoms with Gasteiger partial charge < -0.3 is 14.6 Å². The lowest BCUT2D eigenvalue weighted by Gasteiger charge is -2.16. The first-order chi connectivity index (χ1) is 11.3. The van der Waals surface area contributed by atoms with Gasteiger partial charge in [-0.1, -0.05) is 30.3 Å². The largest absolute Gasteiger partial charge is 0.449 e. The first-order valence-electron chi connectivity index (χ1n) is 7.88. The van der Waals surface area contributed by atoms with E-state index in [0.29, 0.717) is 23.4 Å². The van der Waals surface area contributed by atoms with Crippen molar-refractivity contribution in [2.45, 2.75) is 47.1 Å². The van der Waals surface area contributed by atoms with Crippen molar-refractivity contribution in [2.75, 3.05) is 5.32 Å². The van der Waals surface area contributed by atoms with Gasteiger partial charge in [0.25, 0.3) is 5.91 Å². The van der Waals surface area contributed by atoms with Crippen LogP contribution in [0.2, 0.25) is 0 Å². The van der Waals surface area contributed by atoms with Crippen molar-refractivity contribution >= 4 is 17.6 Å². The SMILES string of the molecule is CCc1noc(C)c1C(=O)O[C@@H](C)C(=O)Nc1c(C)cccc1C. The highest BCUT2D eigenvalue weighted by Gasteiger charge is 2.25. The molecular formula is C18H22N2O4. The van der Waals surface area contributed by atoms with E-state index < -0.39 is 12.1 Å². The fourth-order valence-electron chi connectivity index (χ4n) is 2.43. The number of carbonyl (C=O) groups is 2. The van der Waals surface area contributed by atoms with Crippen LogP contribution in [0.3, 0.4) is 0 Å². The van der Waals surface area contributed by atoms with Gasteiger partial charge in [0.2, 0.25) is 0 Å². The molecule has 0 bridgehead atoms. The molecule has 2 aromatic rings. The molecule has 1 aromatic carbocycles. The molecule has 24 heavy (non-hydrogen) atoms. The number of nitrogens with one attached hydrogen (secondary N) is 1. The number of para-hydroxylation sites is 1. The summed E-state index contributed by atoms with van der Waals surface area (Å²) in [5.41, 5.74) is 3.46. The summed E-state index contributed by atoms with van der Waals surface area (Å²) in [5.74, 6) is -0.595. The van der Waals surface area contributed by atoms with E-state index in [-0.39, 0.29) is 5.91 Å². The first kappa shape index (κ1) is 17.7. The maximum Gasteiger partial charge on any atom is 0.344 e. The highest BCUT2D eigenvalue weighted by atomic mass is 16.5. The van der Waals surface area contributed by atoms with Crippen LogP contribution < -0.4 is 5.32 Å². The minimum absolute atomic E-state index is 0.296. The van der Waals surface area contributed by atoms with Crippen LogP contribution in [-0.4, -0.2) is 23.1 Å². The molecule has 0 unspecified atom stereocenters. The lowest BCUT2D eigenvalue weighted by atomic mass is 10.1. The monoisotopic (exact) mass is 330 g/mol. The third-order valence-corrected chi connectivity index (χ3v) is 3.85. The Morgan fingerprint density at radius 1 is 1.25 bits per heavy atom. The molecule has 0 fully saturated rings. The molecule has 0 aliphatic rings. The normalized spacial score (nSPS) is 11.9. The van der Waals surface area contributed by atoms with E-state index in [0.717, 1.165) is 16.8 Å². The number of rotatable bonds is 5. The van der Waals surface area contributed by atoms with Crippen LogP contribution in [-0.2, 0) is 16.0 Å².